The topological polar surface area (TPSA) is 12.4 Å². The number of aliphatic imine (C=N–C) groups is 1. The molecule has 1 aliphatic rings. The fourth-order valence-corrected chi connectivity index (χ4v) is 4.00. The third-order valence-corrected chi connectivity index (χ3v) is 5.24. The minimum Gasteiger partial charge on any atom is -0.242 e. The highest BCUT2D eigenvalue weighted by atomic mass is 32.2. The maximum absolute atomic E-state index is 4.81. The second-order valence-electron chi connectivity index (χ2n) is 4.78. The first-order chi connectivity index (χ1) is 10.4. The second kappa shape index (κ2) is 7.53. The summed E-state index contributed by atoms with van der Waals surface area (Å²) in [6, 6.07) is 20.7. The highest BCUT2D eigenvalue weighted by Gasteiger charge is 2.14. The van der Waals surface area contributed by atoms with Crippen molar-refractivity contribution in [2.75, 3.05) is 5.75 Å². The molecular weight excluding hydrogens is 294 g/mol. The molecule has 3 rings (SSSR count). The molecule has 2 aromatic rings. The minimum atomic E-state index is 1.04. The van der Waals surface area contributed by atoms with Crippen LogP contribution < -0.4 is 0 Å². The number of para-hydroxylation sites is 1. The quantitative estimate of drug-likeness (QED) is 0.652. The highest BCUT2D eigenvalue weighted by Crippen LogP contribution is 2.31. The van der Waals surface area contributed by atoms with Gasteiger partial charge in [0.2, 0.25) is 0 Å². The van der Waals surface area contributed by atoms with E-state index in [2.05, 4.69) is 47.9 Å². The Labute approximate surface area is 134 Å². The molecule has 0 bridgehead atoms. The summed E-state index contributed by atoms with van der Waals surface area (Å²) in [5.74, 6) is 1.17. The SMILES string of the molecule is C(/Sc1ccccc1)=C1/CCCSC1=Nc1ccccc1. The van der Waals surface area contributed by atoms with Gasteiger partial charge in [-0.2, -0.15) is 0 Å². The molecule has 106 valence electrons. The van der Waals surface area contributed by atoms with E-state index in [4.69, 9.17) is 4.99 Å². The van der Waals surface area contributed by atoms with E-state index >= 15 is 0 Å². The van der Waals surface area contributed by atoms with Crippen molar-refractivity contribution >= 4 is 34.3 Å². The molecule has 0 N–H and O–H groups in total. The van der Waals surface area contributed by atoms with Crippen molar-refractivity contribution in [2.45, 2.75) is 17.7 Å². The van der Waals surface area contributed by atoms with Gasteiger partial charge in [0.15, 0.2) is 0 Å². The Balaban J connectivity index is 1.80. The van der Waals surface area contributed by atoms with Gasteiger partial charge in [-0.25, -0.2) is 4.99 Å². The van der Waals surface area contributed by atoms with Crippen LogP contribution in [-0.4, -0.2) is 10.8 Å². The first-order valence-corrected chi connectivity index (χ1v) is 8.96. The Kier molecular flexibility index (Phi) is 5.19. The predicted molar refractivity (Wildman–Crippen MR) is 95.6 cm³/mol. The van der Waals surface area contributed by atoms with Gasteiger partial charge in [-0.1, -0.05) is 48.2 Å². The molecule has 0 radical (unpaired) electrons. The minimum absolute atomic E-state index is 1.04. The zero-order chi connectivity index (χ0) is 14.3. The van der Waals surface area contributed by atoms with Gasteiger partial charge in [-0.15, -0.1) is 11.8 Å². The molecule has 0 unspecified atom stereocenters. The van der Waals surface area contributed by atoms with Gasteiger partial charge in [-0.3, -0.25) is 0 Å². The Bertz CT molecular complexity index is 633. The lowest BCUT2D eigenvalue weighted by Crippen LogP contribution is -2.06. The average Bonchev–Trinajstić information content (AvgIpc) is 2.56. The van der Waals surface area contributed by atoms with Gasteiger partial charge in [0.1, 0.15) is 5.04 Å². The lowest BCUT2D eigenvalue weighted by molar-refractivity contribution is 0.945. The van der Waals surface area contributed by atoms with Gasteiger partial charge in [0.05, 0.1) is 5.69 Å². The molecular formula is C18H17NS2. The van der Waals surface area contributed by atoms with E-state index in [0.717, 1.165) is 12.1 Å². The lowest BCUT2D eigenvalue weighted by Gasteiger charge is -2.16. The van der Waals surface area contributed by atoms with Crippen molar-refractivity contribution in [1.29, 1.82) is 0 Å². The Morgan fingerprint density at radius 3 is 2.43 bits per heavy atom. The van der Waals surface area contributed by atoms with E-state index in [1.54, 1.807) is 11.8 Å². The average molecular weight is 311 g/mol. The molecule has 1 nitrogen and oxygen atoms in total. The Hall–Kier alpha value is -1.45. The molecule has 1 fully saturated rings. The van der Waals surface area contributed by atoms with E-state index in [1.165, 1.54) is 27.7 Å². The maximum atomic E-state index is 4.81. The molecule has 0 aliphatic carbocycles. The van der Waals surface area contributed by atoms with Crippen LogP contribution in [0.1, 0.15) is 12.8 Å². The summed E-state index contributed by atoms with van der Waals surface area (Å²) in [4.78, 5) is 6.09. The standard InChI is InChI=1S/C18H17NS2/c1-3-9-16(10-4-1)19-18-15(8-7-13-20-18)14-21-17-11-5-2-6-12-17/h1-6,9-12,14H,7-8,13H2/b15-14+,19-18?. The highest BCUT2D eigenvalue weighted by molar-refractivity contribution is 8.14. The third-order valence-electron chi connectivity index (χ3n) is 3.17. The van der Waals surface area contributed by atoms with E-state index in [0.29, 0.717) is 0 Å². The summed E-state index contributed by atoms with van der Waals surface area (Å²) in [6.07, 6.45) is 2.36. The van der Waals surface area contributed by atoms with Crippen LogP contribution in [0.3, 0.4) is 0 Å². The number of hydrogen-bond acceptors (Lipinski definition) is 3. The molecule has 0 amide bonds. The zero-order valence-electron chi connectivity index (χ0n) is 11.7. The van der Waals surface area contributed by atoms with Crippen LogP contribution in [0.5, 0.6) is 0 Å². The van der Waals surface area contributed by atoms with Crippen LogP contribution in [0.4, 0.5) is 5.69 Å². The molecule has 21 heavy (non-hydrogen) atoms. The molecule has 0 atom stereocenters. The van der Waals surface area contributed by atoms with Gasteiger partial charge < -0.3 is 0 Å². The summed E-state index contributed by atoms with van der Waals surface area (Å²) in [5, 5.41) is 3.44. The zero-order valence-corrected chi connectivity index (χ0v) is 13.4. The van der Waals surface area contributed by atoms with Crippen molar-refractivity contribution in [3.8, 4) is 0 Å². The smallest absolute Gasteiger partial charge is 0.100 e. The van der Waals surface area contributed by atoms with Crippen LogP contribution in [0.2, 0.25) is 0 Å². The number of benzene rings is 2. The van der Waals surface area contributed by atoms with Gasteiger partial charge in [0.25, 0.3) is 0 Å². The fraction of sp³-hybridized carbons (Fsp3) is 0.167. The number of hydrogen-bond donors (Lipinski definition) is 0. The first kappa shape index (κ1) is 14.5. The summed E-state index contributed by atoms with van der Waals surface area (Å²) >= 11 is 3.65. The van der Waals surface area contributed by atoms with Gasteiger partial charge >= 0.3 is 0 Å². The number of rotatable bonds is 3. The molecule has 1 heterocycles. The molecule has 2 aromatic carbocycles. The van der Waals surface area contributed by atoms with Crippen LogP contribution in [0, 0.1) is 0 Å². The van der Waals surface area contributed by atoms with E-state index < -0.39 is 0 Å². The summed E-state index contributed by atoms with van der Waals surface area (Å²) in [6.45, 7) is 0. The van der Waals surface area contributed by atoms with Crippen LogP contribution in [0.25, 0.3) is 0 Å². The van der Waals surface area contributed by atoms with Crippen LogP contribution in [0.15, 0.2) is 81.5 Å². The normalized spacial score (nSPS) is 19.0. The summed E-state index contributed by atoms with van der Waals surface area (Å²) in [5.41, 5.74) is 2.40. The molecule has 1 aliphatic heterocycles. The predicted octanol–water partition coefficient (Wildman–Crippen LogP) is 5.92. The van der Waals surface area contributed by atoms with E-state index in [-0.39, 0.29) is 0 Å². The summed E-state index contributed by atoms with van der Waals surface area (Å²) < 4.78 is 0. The second-order valence-corrected chi connectivity index (χ2v) is 6.80. The number of thioether (sulfide) groups is 2. The van der Waals surface area contributed by atoms with E-state index in [1.807, 2.05) is 30.0 Å². The number of nitrogens with zero attached hydrogens (tertiary/aromatic N) is 1. The Morgan fingerprint density at radius 2 is 1.67 bits per heavy atom. The molecule has 3 heteroatoms. The van der Waals surface area contributed by atoms with Crippen molar-refractivity contribution in [3.05, 3.63) is 71.6 Å². The fourth-order valence-electron chi connectivity index (χ4n) is 2.10. The Morgan fingerprint density at radius 1 is 0.952 bits per heavy atom. The first-order valence-electron chi connectivity index (χ1n) is 7.09. The monoisotopic (exact) mass is 311 g/mol. The molecule has 0 saturated carbocycles. The largest absolute Gasteiger partial charge is 0.242 e. The molecule has 0 aromatic heterocycles. The van der Waals surface area contributed by atoms with Crippen molar-refractivity contribution < 1.29 is 0 Å². The van der Waals surface area contributed by atoms with Crippen LogP contribution in [-0.2, 0) is 0 Å². The van der Waals surface area contributed by atoms with Gasteiger partial charge in [0, 0.05) is 4.90 Å². The van der Waals surface area contributed by atoms with Crippen molar-refractivity contribution in [2.24, 2.45) is 4.99 Å². The maximum Gasteiger partial charge on any atom is 0.100 e. The lowest BCUT2D eigenvalue weighted by atomic mass is 10.2. The van der Waals surface area contributed by atoms with E-state index in [9.17, 15) is 0 Å². The summed E-state index contributed by atoms with van der Waals surface area (Å²) in [7, 11) is 0. The van der Waals surface area contributed by atoms with Crippen molar-refractivity contribution in [3.63, 3.8) is 0 Å². The van der Waals surface area contributed by atoms with Gasteiger partial charge in [-0.05, 0) is 53.8 Å². The molecule has 1 saturated heterocycles. The third kappa shape index (κ3) is 4.26. The van der Waals surface area contributed by atoms with Crippen molar-refractivity contribution in [1.82, 2.24) is 0 Å². The molecule has 0 spiro atoms. The van der Waals surface area contributed by atoms with Crippen LogP contribution >= 0.6 is 23.5 Å².